The van der Waals surface area contributed by atoms with Gasteiger partial charge in [-0.3, -0.25) is 9.59 Å². The van der Waals surface area contributed by atoms with Crippen molar-refractivity contribution < 1.29 is 34.4 Å². The number of rotatable bonds is 29. The summed E-state index contributed by atoms with van der Waals surface area (Å²) in [6.07, 6.45) is 21.6. The molecule has 4 atom stereocenters. The van der Waals surface area contributed by atoms with E-state index in [-0.39, 0.29) is 25.6 Å². The number of allylic oxidation sites excluding steroid dienone is 1. The van der Waals surface area contributed by atoms with Crippen LogP contribution >= 0.6 is 0 Å². The molecule has 0 heterocycles. The van der Waals surface area contributed by atoms with Crippen molar-refractivity contribution in [3.05, 3.63) is 12.2 Å². The number of hydrogen-bond donors (Lipinski definition) is 3. The lowest BCUT2D eigenvalue weighted by atomic mass is 10.00. The van der Waals surface area contributed by atoms with Crippen LogP contribution in [0.1, 0.15) is 156 Å². The first-order chi connectivity index (χ1) is 19.8. The highest BCUT2D eigenvalue weighted by Gasteiger charge is 2.16. The van der Waals surface area contributed by atoms with Gasteiger partial charge in [-0.15, -0.1) is 0 Å². The van der Waals surface area contributed by atoms with Gasteiger partial charge in [-0.1, -0.05) is 116 Å². The average Bonchev–Trinajstić information content (AvgIpc) is 2.97. The Kier molecular flexibility index (Phi) is 27.7. The molecule has 0 aliphatic rings. The van der Waals surface area contributed by atoms with Crippen LogP contribution in [0.5, 0.6) is 0 Å². The summed E-state index contributed by atoms with van der Waals surface area (Å²) in [5.41, 5.74) is 0. The molecule has 0 amide bonds. The van der Waals surface area contributed by atoms with Crippen LogP contribution in [0.15, 0.2) is 12.2 Å². The molecule has 7 nitrogen and oxygen atoms in total. The van der Waals surface area contributed by atoms with Crippen LogP contribution in [-0.2, 0) is 19.1 Å². The third-order valence-corrected chi connectivity index (χ3v) is 7.80. The number of ether oxygens (including phenoxy) is 2. The Morgan fingerprint density at radius 2 is 1.29 bits per heavy atom. The highest BCUT2D eigenvalue weighted by Crippen LogP contribution is 2.15. The van der Waals surface area contributed by atoms with Crippen molar-refractivity contribution in [3.8, 4) is 0 Å². The summed E-state index contributed by atoms with van der Waals surface area (Å²) in [7, 11) is 0. The molecule has 0 spiro atoms. The summed E-state index contributed by atoms with van der Waals surface area (Å²) in [5, 5.41) is 29.7. The van der Waals surface area contributed by atoms with Crippen LogP contribution in [-0.4, -0.2) is 58.8 Å². The quantitative estimate of drug-likeness (QED) is 0.0472. The predicted octanol–water partition coefficient (Wildman–Crippen LogP) is 7.58. The second kappa shape index (κ2) is 28.7. The Morgan fingerprint density at radius 1 is 0.707 bits per heavy atom. The van der Waals surface area contributed by atoms with E-state index in [0.717, 1.165) is 57.3 Å². The van der Waals surface area contributed by atoms with E-state index in [1.54, 1.807) is 0 Å². The van der Waals surface area contributed by atoms with Crippen molar-refractivity contribution >= 4 is 11.9 Å². The van der Waals surface area contributed by atoms with E-state index in [4.69, 9.17) is 9.47 Å². The first-order valence-corrected chi connectivity index (χ1v) is 16.8. The summed E-state index contributed by atoms with van der Waals surface area (Å²) in [6.45, 7) is 6.22. The fraction of sp³-hybridized carbons (Fsp3) is 0.882. The lowest BCUT2D eigenvalue weighted by Crippen LogP contribution is -2.28. The van der Waals surface area contributed by atoms with Gasteiger partial charge in [0, 0.05) is 12.8 Å². The smallest absolute Gasteiger partial charge is 0.306 e. The fourth-order valence-electron chi connectivity index (χ4n) is 4.67. The maximum Gasteiger partial charge on any atom is 0.306 e. The number of carbonyl (C=O) groups is 2. The Bertz CT molecular complexity index is 637. The molecule has 0 aromatic rings. The highest BCUT2D eigenvalue weighted by atomic mass is 16.6. The fourth-order valence-corrected chi connectivity index (χ4v) is 4.67. The average molecular weight is 585 g/mol. The maximum absolute atomic E-state index is 12.1. The van der Waals surface area contributed by atoms with E-state index in [2.05, 4.69) is 26.8 Å². The van der Waals surface area contributed by atoms with Gasteiger partial charge in [0.25, 0.3) is 0 Å². The molecular formula is C34H64O7. The van der Waals surface area contributed by atoms with Crippen LogP contribution in [0.3, 0.4) is 0 Å². The van der Waals surface area contributed by atoms with E-state index in [9.17, 15) is 24.9 Å². The topological polar surface area (TPSA) is 113 Å². The minimum absolute atomic E-state index is 0.112. The molecule has 0 saturated carbocycles. The van der Waals surface area contributed by atoms with Crippen LogP contribution in [0.4, 0.5) is 0 Å². The van der Waals surface area contributed by atoms with Crippen LogP contribution in [0.25, 0.3) is 0 Å². The van der Waals surface area contributed by atoms with Gasteiger partial charge in [-0.25, -0.2) is 0 Å². The molecule has 0 aromatic heterocycles. The highest BCUT2D eigenvalue weighted by molar-refractivity contribution is 5.70. The van der Waals surface area contributed by atoms with Crippen LogP contribution in [0.2, 0.25) is 0 Å². The zero-order valence-electron chi connectivity index (χ0n) is 26.7. The van der Waals surface area contributed by atoms with E-state index >= 15 is 0 Å². The van der Waals surface area contributed by atoms with E-state index in [0.29, 0.717) is 25.7 Å². The first kappa shape index (κ1) is 39.6. The Morgan fingerprint density at radius 3 is 1.90 bits per heavy atom. The summed E-state index contributed by atoms with van der Waals surface area (Å²) < 4.78 is 10.5. The minimum Gasteiger partial charge on any atom is -0.462 e. The number of aliphatic hydroxyl groups excluding tert-OH is 3. The van der Waals surface area contributed by atoms with Gasteiger partial charge in [0.15, 0.2) is 6.10 Å². The van der Waals surface area contributed by atoms with Crippen molar-refractivity contribution in [2.24, 2.45) is 5.92 Å². The summed E-state index contributed by atoms with van der Waals surface area (Å²) in [6, 6.07) is 0. The second-order valence-corrected chi connectivity index (χ2v) is 11.8. The molecule has 242 valence electrons. The van der Waals surface area contributed by atoms with Crippen molar-refractivity contribution in [1.29, 1.82) is 0 Å². The van der Waals surface area contributed by atoms with Crippen molar-refractivity contribution in [2.45, 2.75) is 174 Å². The zero-order chi connectivity index (χ0) is 30.6. The Hall–Kier alpha value is -1.44. The molecule has 0 fully saturated rings. The Balaban J connectivity index is 3.75. The first-order valence-electron chi connectivity index (χ1n) is 16.8. The van der Waals surface area contributed by atoms with Gasteiger partial charge in [0.2, 0.25) is 0 Å². The predicted molar refractivity (Wildman–Crippen MR) is 167 cm³/mol. The number of aliphatic hydroxyl groups is 3. The zero-order valence-corrected chi connectivity index (χ0v) is 26.7. The second-order valence-electron chi connectivity index (χ2n) is 11.8. The van der Waals surface area contributed by atoms with Gasteiger partial charge in [0.05, 0.1) is 18.8 Å². The third kappa shape index (κ3) is 26.0. The lowest BCUT2D eigenvalue weighted by Gasteiger charge is -2.16. The summed E-state index contributed by atoms with van der Waals surface area (Å²) in [5.74, 6) is 0.107. The standard InChI is InChI=1S/C34H64O7/c1-4-6-7-8-13-18-23-31(36)32(37)24-19-14-11-16-21-26-34(39)41-30(27-35)28-40-33(38)25-20-15-10-9-12-17-22-29(3)5-2/h13,18,29-32,35-37H,4-12,14-17,19-28H2,1-3H3/b18-13-/t29?,30-,31-,32-/m0/s1. The summed E-state index contributed by atoms with van der Waals surface area (Å²) in [4.78, 5) is 24.1. The van der Waals surface area contributed by atoms with Crippen LogP contribution < -0.4 is 0 Å². The van der Waals surface area contributed by atoms with E-state index in [1.165, 1.54) is 51.4 Å². The number of esters is 2. The molecular weight excluding hydrogens is 520 g/mol. The summed E-state index contributed by atoms with van der Waals surface area (Å²) >= 11 is 0. The number of hydrogen-bond acceptors (Lipinski definition) is 7. The molecule has 0 saturated heterocycles. The van der Waals surface area contributed by atoms with E-state index < -0.39 is 24.3 Å². The van der Waals surface area contributed by atoms with Crippen molar-refractivity contribution in [2.75, 3.05) is 13.2 Å². The third-order valence-electron chi connectivity index (χ3n) is 7.80. The molecule has 0 aliphatic heterocycles. The van der Waals surface area contributed by atoms with Gasteiger partial charge < -0.3 is 24.8 Å². The van der Waals surface area contributed by atoms with E-state index in [1.807, 2.05) is 6.08 Å². The Labute approximate surface area is 251 Å². The minimum atomic E-state index is -0.823. The lowest BCUT2D eigenvalue weighted by molar-refractivity contribution is -0.161. The van der Waals surface area contributed by atoms with Gasteiger partial charge in [-0.2, -0.15) is 0 Å². The van der Waals surface area contributed by atoms with Gasteiger partial charge >= 0.3 is 11.9 Å². The van der Waals surface area contributed by atoms with Crippen LogP contribution in [0, 0.1) is 5.92 Å². The van der Waals surface area contributed by atoms with Crippen molar-refractivity contribution in [1.82, 2.24) is 0 Å². The monoisotopic (exact) mass is 584 g/mol. The maximum atomic E-state index is 12.1. The molecule has 7 heteroatoms. The molecule has 0 bridgehead atoms. The molecule has 41 heavy (non-hydrogen) atoms. The number of carbonyl (C=O) groups excluding carboxylic acids is 2. The molecule has 0 rings (SSSR count). The molecule has 0 radical (unpaired) electrons. The van der Waals surface area contributed by atoms with Crippen molar-refractivity contribution in [3.63, 3.8) is 0 Å². The van der Waals surface area contributed by atoms with Gasteiger partial charge in [-0.05, 0) is 44.4 Å². The normalized spacial score (nSPS) is 14.6. The SMILES string of the molecule is CCCCC/C=C\C[C@H](O)[C@@H](O)CCCCCCCC(=O)O[C@@H](CO)COC(=O)CCCCCCCCC(C)CC. The molecule has 0 aliphatic carbocycles. The number of unbranched alkanes of at least 4 members (excludes halogenated alkanes) is 12. The molecule has 1 unspecified atom stereocenters. The largest absolute Gasteiger partial charge is 0.462 e. The van der Waals surface area contributed by atoms with Gasteiger partial charge in [0.1, 0.15) is 6.61 Å². The molecule has 0 aromatic carbocycles. The molecule has 3 N–H and O–H groups in total.